The maximum atomic E-state index is 5.28. The number of nitrogens with zero attached hydrogens (tertiary/aromatic N) is 2. The fraction of sp³-hybridized carbons (Fsp3) is 0.500. The first kappa shape index (κ1) is 11.9. The number of hydrogen-bond acceptors (Lipinski definition) is 5. The van der Waals surface area contributed by atoms with Gasteiger partial charge in [0.1, 0.15) is 5.82 Å². The van der Waals surface area contributed by atoms with Crippen molar-refractivity contribution in [1.82, 2.24) is 9.88 Å². The summed E-state index contributed by atoms with van der Waals surface area (Å²) in [5, 5.41) is 0. The zero-order chi connectivity index (χ0) is 11.1. The zero-order valence-corrected chi connectivity index (χ0v) is 9.23. The van der Waals surface area contributed by atoms with Gasteiger partial charge in [0.15, 0.2) is 0 Å². The molecule has 0 fully saturated rings. The third kappa shape index (κ3) is 4.24. The van der Waals surface area contributed by atoms with Crippen LogP contribution in [0.4, 0.5) is 5.82 Å². The summed E-state index contributed by atoms with van der Waals surface area (Å²) < 4.78 is 5.01. The van der Waals surface area contributed by atoms with Gasteiger partial charge in [0.2, 0.25) is 0 Å². The van der Waals surface area contributed by atoms with E-state index in [0.717, 1.165) is 19.7 Å². The van der Waals surface area contributed by atoms with Crippen LogP contribution in [0.2, 0.25) is 0 Å². The van der Waals surface area contributed by atoms with E-state index >= 15 is 0 Å². The van der Waals surface area contributed by atoms with Crippen molar-refractivity contribution < 1.29 is 4.74 Å². The van der Waals surface area contributed by atoms with Gasteiger partial charge in [0, 0.05) is 26.4 Å². The number of methoxy groups -OCH3 is 1. The van der Waals surface area contributed by atoms with E-state index in [9.17, 15) is 0 Å². The molecular weight excluding hydrogens is 192 g/mol. The van der Waals surface area contributed by atoms with Gasteiger partial charge in [-0.05, 0) is 24.7 Å². The number of hydrazine groups is 1. The van der Waals surface area contributed by atoms with Crippen LogP contribution >= 0.6 is 0 Å². The number of nitrogens with one attached hydrogen (secondary N) is 1. The zero-order valence-electron chi connectivity index (χ0n) is 9.23. The van der Waals surface area contributed by atoms with Crippen LogP contribution in [0.15, 0.2) is 18.3 Å². The average molecular weight is 210 g/mol. The average Bonchev–Trinajstić information content (AvgIpc) is 2.26. The topological polar surface area (TPSA) is 63.4 Å². The summed E-state index contributed by atoms with van der Waals surface area (Å²) in [5.74, 6) is 5.97. The van der Waals surface area contributed by atoms with Gasteiger partial charge in [0.05, 0.1) is 6.61 Å². The lowest BCUT2D eigenvalue weighted by atomic mass is 10.2. The Hall–Kier alpha value is -1.17. The Morgan fingerprint density at radius 1 is 1.60 bits per heavy atom. The van der Waals surface area contributed by atoms with E-state index in [-0.39, 0.29) is 0 Å². The van der Waals surface area contributed by atoms with Crippen molar-refractivity contribution in [3.8, 4) is 0 Å². The van der Waals surface area contributed by atoms with Gasteiger partial charge in [-0.25, -0.2) is 10.8 Å². The number of anilines is 1. The summed E-state index contributed by atoms with van der Waals surface area (Å²) >= 11 is 0. The normalized spacial score (nSPS) is 10.7. The van der Waals surface area contributed by atoms with Gasteiger partial charge in [-0.3, -0.25) is 4.90 Å². The van der Waals surface area contributed by atoms with Crippen molar-refractivity contribution in [3.63, 3.8) is 0 Å². The number of aromatic nitrogens is 1. The summed E-state index contributed by atoms with van der Waals surface area (Å²) in [6.07, 6.45) is 1.74. The molecule has 0 atom stereocenters. The molecule has 15 heavy (non-hydrogen) atoms. The summed E-state index contributed by atoms with van der Waals surface area (Å²) in [6.45, 7) is 2.51. The molecule has 0 aromatic carbocycles. The molecule has 0 aliphatic rings. The van der Waals surface area contributed by atoms with Crippen LogP contribution < -0.4 is 11.3 Å². The molecule has 0 saturated carbocycles. The first-order valence-corrected chi connectivity index (χ1v) is 4.85. The molecule has 5 heteroatoms. The first-order valence-electron chi connectivity index (χ1n) is 4.85. The number of rotatable bonds is 6. The van der Waals surface area contributed by atoms with E-state index in [4.69, 9.17) is 10.6 Å². The Balaban J connectivity index is 2.48. The molecule has 84 valence electrons. The van der Waals surface area contributed by atoms with E-state index in [0.29, 0.717) is 5.82 Å². The van der Waals surface area contributed by atoms with Gasteiger partial charge >= 0.3 is 0 Å². The highest BCUT2D eigenvalue weighted by Gasteiger charge is 2.01. The van der Waals surface area contributed by atoms with Crippen LogP contribution in [0, 0.1) is 0 Å². The van der Waals surface area contributed by atoms with Crippen LogP contribution in [-0.4, -0.2) is 37.2 Å². The number of ether oxygens (including phenoxy) is 1. The summed E-state index contributed by atoms with van der Waals surface area (Å²) in [7, 11) is 3.76. The number of pyridine rings is 1. The van der Waals surface area contributed by atoms with Gasteiger partial charge in [-0.1, -0.05) is 0 Å². The Morgan fingerprint density at radius 2 is 2.40 bits per heavy atom. The lowest BCUT2D eigenvalue weighted by Gasteiger charge is -2.16. The van der Waals surface area contributed by atoms with E-state index < -0.39 is 0 Å². The molecule has 0 amide bonds. The SMILES string of the molecule is COCCN(C)Cc1ccnc(NN)c1. The number of likely N-dealkylation sites (N-methyl/N-ethyl adjacent to an activating group) is 1. The fourth-order valence-corrected chi connectivity index (χ4v) is 1.29. The molecule has 3 N–H and O–H groups in total. The highest BCUT2D eigenvalue weighted by molar-refractivity contribution is 5.35. The minimum Gasteiger partial charge on any atom is -0.383 e. The minimum absolute atomic E-state index is 0.688. The molecule has 0 saturated heterocycles. The molecule has 0 radical (unpaired) electrons. The predicted molar refractivity (Wildman–Crippen MR) is 60.3 cm³/mol. The standard InChI is InChI=1S/C10H18N4O/c1-14(5-6-15-2)8-9-3-4-12-10(7-9)13-11/h3-4,7H,5-6,8,11H2,1-2H3,(H,12,13). The molecule has 0 aliphatic carbocycles. The lowest BCUT2D eigenvalue weighted by molar-refractivity contribution is 0.158. The smallest absolute Gasteiger partial charge is 0.140 e. The Labute approximate surface area is 90.2 Å². The molecule has 0 spiro atoms. The number of nitrogens with two attached hydrogens (primary N) is 1. The van der Waals surface area contributed by atoms with E-state index in [1.54, 1.807) is 13.3 Å². The highest BCUT2D eigenvalue weighted by Crippen LogP contribution is 2.07. The van der Waals surface area contributed by atoms with Crippen LogP contribution in [0.25, 0.3) is 0 Å². The van der Waals surface area contributed by atoms with Crippen LogP contribution in [0.1, 0.15) is 5.56 Å². The second kappa shape index (κ2) is 6.34. The predicted octanol–water partition coefficient (Wildman–Crippen LogP) is 0.445. The van der Waals surface area contributed by atoms with Crippen molar-refractivity contribution in [1.29, 1.82) is 0 Å². The molecule has 5 nitrogen and oxygen atoms in total. The second-order valence-corrected chi connectivity index (χ2v) is 3.42. The maximum absolute atomic E-state index is 5.28. The molecule has 1 heterocycles. The third-order valence-electron chi connectivity index (χ3n) is 2.10. The molecule has 1 aromatic heterocycles. The van der Waals surface area contributed by atoms with Crippen LogP contribution in [0.3, 0.4) is 0 Å². The number of hydrogen-bond donors (Lipinski definition) is 2. The maximum Gasteiger partial charge on any atom is 0.140 e. The largest absolute Gasteiger partial charge is 0.383 e. The van der Waals surface area contributed by atoms with Crippen molar-refractivity contribution >= 4 is 5.82 Å². The Kier molecular flexibility index (Phi) is 5.03. The molecule has 1 rings (SSSR count). The van der Waals surface area contributed by atoms with Gasteiger partial charge in [0.25, 0.3) is 0 Å². The van der Waals surface area contributed by atoms with Crippen molar-refractivity contribution in [3.05, 3.63) is 23.9 Å². The van der Waals surface area contributed by atoms with E-state index in [2.05, 4.69) is 22.4 Å². The summed E-state index contributed by atoms with van der Waals surface area (Å²) in [4.78, 5) is 6.23. The Bertz CT molecular complexity index is 293. The van der Waals surface area contributed by atoms with Crippen molar-refractivity contribution in [2.75, 3.05) is 32.7 Å². The third-order valence-corrected chi connectivity index (χ3v) is 2.10. The summed E-state index contributed by atoms with van der Waals surface area (Å²) in [6, 6.07) is 3.91. The quantitative estimate of drug-likeness (QED) is 0.527. The molecule has 0 unspecified atom stereocenters. The molecule has 0 aliphatic heterocycles. The van der Waals surface area contributed by atoms with E-state index in [1.165, 1.54) is 5.56 Å². The first-order chi connectivity index (χ1) is 7.26. The molecular formula is C10H18N4O. The van der Waals surface area contributed by atoms with Gasteiger partial charge in [-0.15, -0.1) is 0 Å². The molecule has 0 bridgehead atoms. The van der Waals surface area contributed by atoms with Gasteiger partial charge < -0.3 is 10.2 Å². The second-order valence-electron chi connectivity index (χ2n) is 3.42. The van der Waals surface area contributed by atoms with E-state index in [1.807, 2.05) is 12.1 Å². The molecule has 1 aromatic rings. The van der Waals surface area contributed by atoms with Gasteiger partial charge in [-0.2, -0.15) is 0 Å². The highest BCUT2D eigenvalue weighted by atomic mass is 16.5. The van der Waals surface area contributed by atoms with Crippen molar-refractivity contribution in [2.24, 2.45) is 5.84 Å². The monoisotopic (exact) mass is 210 g/mol. The minimum atomic E-state index is 0.688. The van der Waals surface area contributed by atoms with Crippen LogP contribution in [-0.2, 0) is 11.3 Å². The fourth-order valence-electron chi connectivity index (χ4n) is 1.29. The van der Waals surface area contributed by atoms with Crippen molar-refractivity contribution in [2.45, 2.75) is 6.54 Å². The summed E-state index contributed by atoms with van der Waals surface area (Å²) in [5.41, 5.74) is 3.71. The lowest BCUT2D eigenvalue weighted by Crippen LogP contribution is -2.22. The number of nitrogen functional groups attached to an aromatic ring is 1. The Morgan fingerprint density at radius 3 is 3.07 bits per heavy atom. The van der Waals surface area contributed by atoms with Crippen LogP contribution in [0.5, 0.6) is 0 Å².